The fraction of sp³-hybridized carbons (Fsp3) is 0.0714. The molecule has 0 atom stereocenters. The van der Waals surface area contributed by atoms with E-state index >= 15 is 0 Å². The summed E-state index contributed by atoms with van der Waals surface area (Å²) in [5, 5.41) is 11.4. The number of methoxy groups -OCH3 is 1. The minimum absolute atomic E-state index is 0.207. The molecular formula is C28H22N6O2. The highest BCUT2D eigenvalue weighted by Crippen LogP contribution is 2.27. The number of aromatic amines is 1. The molecule has 0 fully saturated rings. The van der Waals surface area contributed by atoms with E-state index in [-0.39, 0.29) is 5.56 Å². The van der Waals surface area contributed by atoms with E-state index < -0.39 is 0 Å². The molecular weight excluding hydrogens is 452 g/mol. The summed E-state index contributed by atoms with van der Waals surface area (Å²) in [5.41, 5.74) is 5.65. The molecule has 3 heterocycles. The molecule has 0 radical (unpaired) electrons. The summed E-state index contributed by atoms with van der Waals surface area (Å²) >= 11 is 0. The first-order valence-corrected chi connectivity index (χ1v) is 11.4. The fourth-order valence-electron chi connectivity index (χ4n) is 4.26. The van der Waals surface area contributed by atoms with Gasteiger partial charge in [0.2, 0.25) is 5.95 Å². The molecule has 0 saturated carbocycles. The van der Waals surface area contributed by atoms with Crippen LogP contribution in [0.15, 0.2) is 90.0 Å². The van der Waals surface area contributed by atoms with Crippen molar-refractivity contribution in [3.63, 3.8) is 0 Å². The van der Waals surface area contributed by atoms with Crippen molar-refractivity contribution < 1.29 is 4.74 Å². The summed E-state index contributed by atoms with van der Waals surface area (Å²) in [6.45, 7) is 2.06. The Morgan fingerprint density at radius 2 is 1.72 bits per heavy atom. The van der Waals surface area contributed by atoms with Crippen molar-refractivity contribution in [3.8, 4) is 22.6 Å². The second kappa shape index (κ2) is 8.66. The Morgan fingerprint density at radius 3 is 2.50 bits per heavy atom. The lowest BCUT2D eigenvalue weighted by Gasteiger charge is -2.13. The highest BCUT2D eigenvalue weighted by molar-refractivity contribution is 6.02. The number of hydrogen-bond donors (Lipinski definition) is 2. The Hall–Kier alpha value is -4.98. The van der Waals surface area contributed by atoms with E-state index in [1.165, 1.54) is 5.56 Å². The zero-order valence-electron chi connectivity index (χ0n) is 19.7. The maximum Gasteiger partial charge on any atom is 0.267 e. The van der Waals surface area contributed by atoms with Crippen molar-refractivity contribution in [1.29, 1.82) is 0 Å². The van der Waals surface area contributed by atoms with Gasteiger partial charge in [-0.3, -0.25) is 14.5 Å². The number of aryl methyl sites for hydroxylation is 1. The number of benzene rings is 3. The van der Waals surface area contributed by atoms with E-state index in [4.69, 9.17) is 9.72 Å². The molecule has 36 heavy (non-hydrogen) atoms. The number of H-pyrrole nitrogens is 1. The molecule has 0 aliphatic rings. The molecule has 0 aliphatic heterocycles. The maximum absolute atomic E-state index is 13.6. The van der Waals surface area contributed by atoms with Gasteiger partial charge in [-0.15, -0.1) is 0 Å². The normalized spacial score (nSPS) is 11.2. The predicted molar refractivity (Wildman–Crippen MR) is 141 cm³/mol. The SMILES string of the molecule is COc1ccc(Nc2ncc3c4[nH]ncc4c(=O)n(-c4cccc(-c5ccc(C)cc5)c4)c3n2)cc1. The highest BCUT2D eigenvalue weighted by atomic mass is 16.5. The molecule has 0 bridgehead atoms. The Morgan fingerprint density at radius 1 is 0.917 bits per heavy atom. The van der Waals surface area contributed by atoms with Crippen LogP contribution in [0.4, 0.5) is 11.6 Å². The molecule has 2 N–H and O–H groups in total. The number of hydrogen-bond acceptors (Lipinski definition) is 6. The second-order valence-electron chi connectivity index (χ2n) is 8.50. The van der Waals surface area contributed by atoms with E-state index in [2.05, 4.69) is 51.7 Å². The summed E-state index contributed by atoms with van der Waals surface area (Å²) in [6, 6.07) is 23.6. The Bertz CT molecular complexity index is 1770. The molecule has 3 aromatic carbocycles. The zero-order chi connectivity index (χ0) is 24.6. The van der Waals surface area contributed by atoms with Crippen LogP contribution >= 0.6 is 0 Å². The maximum atomic E-state index is 13.6. The van der Waals surface area contributed by atoms with Crippen molar-refractivity contribution in [3.05, 3.63) is 101 Å². The first kappa shape index (κ1) is 21.5. The highest BCUT2D eigenvalue weighted by Gasteiger charge is 2.17. The Balaban J connectivity index is 1.53. The third-order valence-electron chi connectivity index (χ3n) is 6.16. The lowest BCUT2D eigenvalue weighted by atomic mass is 10.0. The van der Waals surface area contributed by atoms with Crippen LogP contribution in [0.25, 0.3) is 38.8 Å². The van der Waals surface area contributed by atoms with E-state index in [0.717, 1.165) is 22.6 Å². The summed E-state index contributed by atoms with van der Waals surface area (Å²) in [5.74, 6) is 1.12. The predicted octanol–water partition coefficient (Wildman–Crippen LogP) is 5.38. The zero-order valence-corrected chi connectivity index (χ0v) is 19.7. The lowest BCUT2D eigenvalue weighted by molar-refractivity contribution is 0.415. The molecule has 176 valence electrons. The van der Waals surface area contributed by atoms with Crippen LogP contribution in [0.3, 0.4) is 0 Å². The number of nitrogens with zero attached hydrogens (tertiary/aromatic N) is 4. The van der Waals surface area contributed by atoms with Gasteiger partial charge in [0.15, 0.2) is 5.65 Å². The van der Waals surface area contributed by atoms with Crippen LogP contribution in [-0.2, 0) is 0 Å². The Kier molecular flexibility index (Phi) is 5.19. The number of aromatic nitrogens is 5. The van der Waals surface area contributed by atoms with Gasteiger partial charge in [0.05, 0.1) is 35.3 Å². The second-order valence-corrected chi connectivity index (χ2v) is 8.50. The van der Waals surface area contributed by atoms with Crippen molar-refractivity contribution >= 4 is 33.6 Å². The number of rotatable bonds is 5. The van der Waals surface area contributed by atoms with Gasteiger partial charge < -0.3 is 10.1 Å². The summed E-state index contributed by atoms with van der Waals surface area (Å²) in [7, 11) is 1.62. The van der Waals surface area contributed by atoms with Gasteiger partial charge in [0.1, 0.15) is 5.75 Å². The Labute approximate surface area is 206 Å². The molecule has 0 unspecified atom stereocenters. The smallest absolute Gasteiger partial charge is 0.267 e. The topological polar surface area (TPSA) is 97.7 Å². The van der Waals surface area contributed by atoms with E-state index in [1.807, 2.05) is 48.5 Å². The van der Waals surface area contributed by atoms with Crippen LogP contribution in [0.1, 0.15) is 5.56 Å². The number of fused-ring (bicyclic) bond motifs is 3. The first-order valence-electron chi connectivity index (χ1n) is 11.4. The first-order chi connectivity index (χ1) is 17.6. The van der Waals surface area contributed by atoms with Gasteiger partial charge in [0.25, 0.3) is 5.56 Å². The minimum Gasteiger partial charge on any atom is -0.497 e. The lowest BCUT2D eigenvalue weighted by Crippen LogP contribution is -2.20. The van der Waals surface area contributed by atoms with Crippen LogP contribution in [-0.4, -0.2) is 31.8 Å². The van der Waals surface area contributed by atoms with Gasteiger partial charge in [-0.25, -0.2) is 4.98 Å². The van der Waals surface area contributed by atoms with Crippen molar-refractivity contribution in [1.82, 2.24) is 24.7 Å². The number of pyridine rings is 1. The van der Waals surface area contributed by atoms with Crippen LogP contribution in [0.2, 0.25) is 0 Å². The molecule has 0 spiro atoms. The minimum atomic E-state index is -0.207. The number of ether oxygens (including phenoxy) is 1. The van der Waals surface area contributed by atoms with Gasteiger partial charge in [-0.05, 0) is 54.4 Å². The quantitative estimate of drug-likeness (QED) is 0.348. The van der Waals surface area contributed by atoms with Gasteiger partial charge in [-0.2, -0.15) is 10.1 Å². The average molecular weight is 475 g/mol. The van der Waals surface area contributed by atoms with Gasteiger partial charge in [0, 0.05) is 11.9 Å². The molecule has 8 heteroatoms. The largest absolute Gasteiger partial charge is 0.497 e. The van der Waals surface area contributed by atoms with E-state index in [1.54, 1.807) is 24.1 Å². The van der Waals surface area contributed by atoms with Crippen LogP contribution < -0.4 is 15.6 Å². The third kappa shape index (κ3) is 3.74. The molecule has 6 rings (SSSR count). The van der Waals surface area contributed by atoms with Crippen LogP contribution in [0, 0.1) is 6.92 Å². The summed E-state index contributed by atoms with van der Waals surface area (Å²) in [6.07, 6.45) is 3.25. The van der Waals surface area contributed by atoms with Gasteiger partial charge in [-0.1, -0.05) is 42.0 Å². The standard InChI is InChI=1S/C28H22N6O2/c1-17-6-8-18(9-7-17)19-4-3-5-21(14-19)34-26-23(25-24(27(34)35)16-30-33-25)15-29-28(32-26)31-20-10-12-22(36-2)13-11-20/h3-16H,1-2H3,(H,30,33)(H,29,31,32). The van der Waals surface area contributed by atoms with Crippen molar-refractivity contribution in [2.24, 2.45) is 0 Å². The molecule has 0 amide bonds. The molecule has 3 aromatic heterocycles. The van der Waals surface area contributed by atoms with Gasteiger partial charge >= 0.3 is 0 Å². The summed E-state index contributed by atoms with van der Waals surface area (Å²) in [4.78, 5) is 22.9. The third-order valence-corrected chi connectivity index (χ3v) is 6.16. The average Bonchev–Trinajstić information content (AvgIpc) is 3.41. The van der Waals surface area contributed by atoms with E-state index in [0.29, 0.717) is 33.6 Å². The monoisotopic (exact) mass is 474 g/mol. The molecule has 0 aliphatic carbocycles. The van der Waals surface area contributed by atoms with Crippen molar-refractivity contribution in [2.45, 2.75) is 6.92 Å². The fourth-order valence-corrected chi connectivity index (χ4v) is 4.26. The summed E-state index contributed by atoms with van der Waals surface area (Å²) < 4.78 is 6.85. The number of nitrogens with one attached hydrogen (secondary N) is 2. The van der Waals surface area contributed by atoms with Crippen molar-refractivity contribution in [2.75, 3.05) is 12.4 Å². The number of anilines is 2. The molecule has 0 saturated heterocycles. The van der Waals surface area contributed by atoms with E-state index in [9.17, 15) is 4.79 Å². The van der Waals surface area contributed by atoms with Crippen LogP contribution in [0.5, 0.6) is 5.75 Å². The molecule has 8 nitrogen and oxygen atoms in total. The molecule has 6 aromatic rings.